The summed E-state index contributed by atoms with van der Waals surface area (Å²) >= 11 is 0. The molecule has 3 saturated heterocycles. The molecule has 6 atom stereocenters. The molecule has 0 radical (unpaired) electrons. The molecule has 2 N–H and O–H groups in total. The van der Waals surface area contributed by atoms with Gasteiger partial charge < -0.3 is 15.5 Å². The minimum Gasteiger partial charge on any atom is -0.322 e. The van der Waals surface area contributed by atoms with Gasteiger partial charge >= 0.3 is 0 Å². The summed E-state index contributed by atoms with van der Waals surface area (Å²) in [5.74, 6) is -1.50. The molecule has 2 bridgehead atoms. The van der Waals surface area contributed by atoms with Gasteiger partial charge in [-0.05, 0) is 37.3 Å². The molecule has 9 heteroatoms. The first kappa shape index (κ1) is 18.5. The number of carbonyl (C=O) groups excluding carboxylic acids is 2. The van der Waals surface area contributed by atoms with Gasteiger partial charge in [-0.3, -0.25) is 14.5 Å². The Morgan fingerprint density at radius 3 is 2.62 bits per heavy atom. The highest BCUT2D eigenvalue weighted by molar-refractivity contribution is 6.01. The minimum absolute atomic E-state index is 0.133. The number of nitrogens with two attached hydrogens (primary N) is 1. The van der Waals surface area contributed by atoms with Crippen LogP contribution in [0.15, 0.2) is 18.2 Å². The smallest absolute Gasteiger partial charge is 0.244 e. The van der Waals surface area contributed by atoms with E-state index in [0.717, 1.165) is 24.6 Å². The summed E-state index contributed by atoms with van der Waals surface area (Å²) < 4.78 is 27.1. The number of rotatable bonds is 4. The van der Waals surface area contributed by atoms with Gasteiger partial charge in [0.25, 0.3) is 0 Å². The van der Waals surface area contributed by atoms with E-state index >= 15 is 0 Å². The van der Waals surface area contributed by atoms with Gasteiger partial charge in [0.2, 0.25) is 11.8 Å². The van der Waals surface area contributed by atoms with Crippen LogP contribution >= 0.6 is 0 Å². The quantitative estimate of drug-likeness (QED) is 0.797. The molecule has 3 aliphatic heterocycles. The van der Waals surface area contributed by atoms with Crippen molar-refractivity contribution < 1.29 is 18.4 Å². The number of amides is 2. The highest BCUT2D eigenvalue weighted by Gasteiger charge is 2.55. The molecule has 0 aromatic heterocycles. The fraction of sp³-hybridized carbons (Fsp3) is 0.550. The van der Waals surface area contributed by atoms with Crippen LogP contribution in [0.5, 0.6) is 0 Å². The average molecular weight is 401 g/mol. The minimum atomic E-state index is -0.808. The number of halogens is 2. The van der Waals surface area contributed by atoms with E-state index in [1.165, 1.54) is 4.90 Å². The molecule has 1 saturated carbocycles. The normalized spacial score (nSPS) is 33.7. The molecule has 4 aliphatic rings. The molecule has 29 heavy (non-hydrogen) atoms. The Bertz CT molecular complexity index is 914. The van der Waals surface area contributed by atoms with Gasteiger partial charge in [0.05, 0.1) is 24.2 Å². The third kappa shape index (κ3) is 2.90. The van der Waals surface area contributed by atoms with Crippen LogP contribution in [0.3, 0.4) is 0 Å². The maximum atomic E-state index is 13.6. The third-order valence-corrected chi connectivity index (χ3v) is 6.65. The molecule has 5 rings (SSSR count). The number of hydrogen-bond acceptors (Lipinski definition) is 5. The predicted octanol–water partition coefficient (Wildman–Crippen LogP) is 0.595. The van der Waals surface area contributed by atoms with Crippen molar-refractivity contribution in [3.05, 3.63) is 29.8 Å². The maximum absolute atomic E-state index is 13.6. The summed E-state index contributed by atoms with van der Waals surface area (Å²) in [5.41, 5.74) is 6.39. The number of piperidine rings is 1. The van der Waals surface area contributed by atoms with Crippen LogP contribution in [-0.4, -0.2) is 64.9 Å². The van der Waals surface area contributed by atoms with Crippen molar-refractivity contribution in [1.82, 2.24) is 9.80 Å². The Balaban J connectivity index is 1.26. The molecule has 2 amide bonds. The van der Waals surface area contributed by atoms with Crippen molar-refractivity contribution in [3.8, 4) is 6.07 Å². The number of hydrogen-bond donors (Lipinski definition) is 1. The third-order valence-electron chi connectivity index (χ3n) is 6.65. The average Bonchev–Trinajstić information content (AvgIpc) is 3.01. The molecule has 1 unspecified atom stereocenters. The van der Waals surface area contributed by atoms with Gasteiger partial charge in [-0.25, -0.2) is 8.78 Å². The number of fused-ring (bicyclic) bond motifs is 3. The molecular formula is C20H21F2N5O2. The molecule has 1 aromatic rings. The van der Waals surface area contributed by atoms with Crippen molar-refractivity contribution in [3.63, 3.8) is 0 Å². The van der Waals surface area contributed by atoms with Crippen molar-refractivity contribution in [2.24, 2.45) is 11.7 Å². The van der Waals surface area contributed by atoms with Gasteiger partial charge in [0.15, 0.2) is 0 Å². The van der Waals surface area contributed by atoms with E-state index < -0.39 is 29.8 Å². The van der Waals surface area contributed by atoms with Crippen LogP contribution in [-0.2, 0) is 9.59 Å². The second-order valence-electron chi connectivity index (χ2n) is 8.49. The summed E-state index contributed by atoms with van der Waals surface area (Å²) in [6.45, 7) is 0.715. The van der Waals surface area contributed by atoms with E-state index in [1.807, 2.05) is 4.90 Å². The summed E-state index contributed by atoms with van der Waals surface area (Å²) in [7, 11) is 0. The number of nitrogens with zero attached hydrogens (tertiary/aromatic N) is 4. The standard InChI is InChI=1S/C20H21F2N5O2/c21-11-3-12(22)5-13(4-11)26-15-6-18(20(26)29)25(8-15)9-16(24)19(28)27-14(7-23)1-10-2-17(10)27/h3-5,10,14-18H,1-2,6,8-9,24H2/t10-,14+,15-,16+,17?,18-/m1/s1. The topological polar surface area (TPSA) is 93.7 Å². The lowest BCUT2D eigenvalue weighted by Gasteiger charge is -2.35. The summed E-state index contributed by atoms with van der Waals surface area (Å²) in [5, 5.41) is 9.29. The van der Waals surface area contributed by atoms with Gasteiger partial charge in [0.1, 0.15) is 17.7 Å². The molecule has 3 heterocycles. The molecule has 152 valence electrons. The van der Waals surface area contributed by atoms with Gasteiger partial charge in [0, 0.05) is 30.9 Å². The predicted molar refractivity (Wildman–Crippen MR) is 98.3 cm³/mol. The molecule has 7 nitrogen and oxygen atoms in total. The zero-order valence-electron chi connectivity index (χ0n) is 15.7. The zero-order chi connectivity index (χ0) is 20.4. The summed E-state index contributed by atoms with van der Waals surface area (Å²) in [6.07, 6.45) is 2.18. The highest BCUT2D eigenvalue weighted by Crippen LogP contribution is 2.47. The van der Waals surface area contributed by atoms with Gasteiger partial charge in [-0.1, -0.05) is 0 Å². The van der Waals surface area contributed by atoms with E-state index in [-0.39, 0.29) is 36.1 Å². The number of anilines is 1. The van der Waals surface area contributed by atoms with Gasteiger partial charge in [-0.2, -0.15) is 5.26 Å². The number of benzene rings is 1. The van der Waals surface area contributed by atoms with E-state index in [1.54, 1.807) is 4.90 Å². The molecule has 0 spiro atoms. The summed E-state index contributed by atoms with van der Waals surface area (Å²) in [4.78, 5) is 30.6. The second kappa shape index (κ2) is 6.47. The molecule has 1 aliphatic carbocycles. The largest absolute Gasteiger partial charge is 0.322 e. The summed E-state index contributed by atoms with van der Waals surface area (Å²) in [6, 6.07) is 3.52. The maximum Gasteiger partial charge on any atom is 0.244 e. The van der Waals surface area contributed by atoms with Crippen molar-refractivity contribution in [2.75, 3.05) is 18.0 Å². The number of carbonyl (C=O) groups is 2. The Labute approximate surface area is 166 Å². The fourth-order valence-electron chi connectivity index (χ4n) is 5.29. The number of nitriles is 1. The second-order valence-corrected chi connectivity index (χ2v) is 8.49. The van der Waals surface area contributed by atoms with Crippen LogP contribution in [0, 0.1) is 28.9 Å². The van der Waals surface area contributed by atoms with Crippen LogP contribution in [0.1, 0.15) is 19.3 Å². The fourth-order valence-corrected chi connectivity index (χ4v) is 5.29. The van der Waals surface area contributed by atoms with E-state index in [4.69, 9.17) is 5.73 Å². The van der Waals surface area contributed by atoms with Crippen LogP contribution in [0.25, 0.3) is 0 Å². The Morgan fingerprint density at radius 2 is 1.97 bits per heavy atom. The first-order chi connectivity index (χ1) is 13.9. The highest BCUT2D eigenvalue weighted by atomic mass is 19.1. The van der Waals surface area contributed by atoms with E-state index in [0.29, 0.717) is 25.3 Å². The van der Waals surface area contributed by atoms with E-state index in [2.05, 4.69) is 6.07 Å². The van der Waals surface area contributed by atoms with Crippen LogP contribution in [0.2, 0.25) is 0 Å². The van der Waals surface area contributed by atoms with E-state index in [9.17, 15) is 23.6 Å². The van der Waals surface area contributed by atoms with Crippen LogP contribution in [0.4, 0.5) is 14.5 Å². The monoisotopic (exact) mass is 401 g/mol. The molecule has 1 aromatic carbocycles. The Kier molecular flexibility index (Phi) is 4.12. The number of piperazine rings is 1. The lowest BCUT2D eigenvalue weighted by atomic mass is 10.1. The van der Waals surface area contributed by atoms with Crippen molar-refractivity contribution >= 4 is 17.5 Å². The molecule has 4 fully saturated rings. The Hall–Kier alpha value is -2.57. The molecular weight excluding hydrogens is 380 g/mol. The Morgan fingerprint density at radius 1 is 1.24 bits per heavy atom. The van der Waals surface area contributed by atoms with Crippen molar-refractivity contribution in [2.45, 2.75) is 49.5 Å². The van der Waals surface area contributed by atoms with Crippen molar-refractivity contribution in [1.29, 1.82) is 5.26 Å². The lowest BCUT2D eigenvalue weighted by Crippen LogP contribution is -2.57. The zero-order valence-corrected chi connectivity index (χ0v) is 15.7. The number of likely N-dealkylation sites (tertiary alicyclic amines) is 2. The van der Waals surface area contributed by atoms with Gasteiger partial charge in [-0.15, -0.1) is 0 Å². The lowest BCUT2D eigenvalue weighted by molar-refractivity contribution is -0.135. The van der Waals surface area contributed by atoms with Crippen LogP contribution < -0.4 is 10.6 Å². The first-order valence-electron chi connectivity index (χ1n) is 9.88. The first-order valence-corrected chi connectivity index (χ1v) is 9.88. The SMILES string of the molecule is N#C[C@@H]1C[C@@H]2CC2N1C(=O)[C@@H](N)CN1C[C@H]2C[C@@H]1C(=O)N2c1cc(F)cc(F)c1.